The average Bonchev–Trinajstić information content (AvgIpc) is 2.49. The second-order valence-corrected chi connectivity index (χ2v) is 5.64. The number of aryl methyl sites for hydroxylation is 1. The SMILES string of the molecule is Cc1cccc([C@@H]2CN(Cc3ccccc3)CCN2)c1. The van der Waals surface area contributed by atoms with E-state index in [1.807, 2.05) is 0 Å². The van der Waals surface area contributed by atoms with Crippen molar-refractivity contribution in [3.05, 3.63) is 71.3 Å². The molecule has 0 spiro atoms. The van der Waals surface area contributed by atoms with Crippen molar-refractivity contribution in [1.29, 1.82) is 0 Å². The largest absolute Gasteiger partial charge is 0.308 e. The second kappa shape index (κ2) is 6.21. The van der Waals surface area contributed by atoms with E-state index < -0.39 is 0 Å². The van der Waals surface area contributed by atoms with Gasteiger partial charge in [0, 0.05) is 32.2 Å². The molecule has 3 rings (SSSR count). The van der Waals surface area contributed by atoms with Crippen molar-refractivity contribution in [3.8, 4) is 0 Å². The molecule has 1 aliphatic rings. The first-order valence-corrected chi connectivity index (χ1v) is 7.37. The summed E-state index contributed by atoms with van der Waals surface area (Å²) in [6, 6.07) is 20.0. The lowest BCUT2D eigenvalue weighted by Crippen LogP contribution is -2.45. The van der Waals surface area contributed by atoms with Gasteiger partial charge in [0.25, 0.3) is 0 Å². The maximum atomic E-state index is 3.64. The summed E-state index contributed by atoms with van der Waals surface area (Å²) in [5, 5.41) is 3.64. The fraction of sp³-hybridized carbons (Fsp3) is 0.333. The Morgan fingerprint density at radius 2 is 1.95 bits per heavy atom. The van der Waals surface area contributed by atoms with E-state index in [1.165, 1.54) is 16.7 Å². The highest BCUT2D eigenvalue weighted by Crippen LogP contribution is 2.19. The van der Waals surface area contributed by atoms with Gasteiger partial charge >= 0.3 is 0 Å². The van der Waals surface area contributed by atoms with Crippen LogP contribution in [0.2, 0.25) is 0 Å². The van der Waals surface area contributed by atoms with Gasteiger partial charge in [0.05, 0.1) is 0 Å². The molecule has 2 heteroatoms. The minimum absolute atomic E-state index is 0.451. The van der Waals surface area contributed by atoms with Gasteiger partial charge in [-0.25, -0.2) is 0 Å². The predicted molar refractivity (Wildman–Crippen MR) is 83.6 cm³/mol. The number of nitrogens with one attached hydrogen (secondary N) is 1. The lowest BCUT2D eigenvalue weighted by Gasteiger charge is -2.34. The highest BCUT2D eigenvalue weighted by atomic mass is 15.2. The maximum Gasteiger partial charge on any atom is 0.0449 e. The molecule has 0 saturated carbocycles. The number of rotatable bonds is 3. The van der Waals surface area contributed by atoms with Crippen LogP contribution >= 0.6 is 0 Å². The Kier molecular flexibility index (Phi) is 4.14. The van der Waals surface area contributed by atoms with Crippen LogP contribution in [0.15, 0.2) is 54.6 Å². The maximum absolute atomic E-state index is 3.64. The Labute approximate surface area is 121 Å². The van der Waals surface area contributed by atoms with Crippen LogP contribution in [-0.2, 0) is 6.54 Å². The molecule has 20 heavy (non-hydrogen) atoms. The van der Waals surface area contributed by atoms with Gasteiger partial charge in [0.2, 0.25) is 0 Å². The topological polar surface area (TPSA) is 15.3 Å². The molecule has 1 atom stereocenters. The lowest BCUT2D eigenvalue weighted by molar-refractivity contribution is 0.193. The van der Waals surface area contributed by atoms with Gasteiger partial charge in [-0.15, -0.1) is 0 Å². The van der Waals surface area contributed by atoms with Crippen LogP contribution in [0.1, 0.15) is 22.7 Å². The molecule has 1 aliphatic heterocycles. The molecular weight excluding hydrogens is 244 g/mol. The minimum Gasteiger partial charge on any atom is -0.308 e. The van der Waals surface area contributed by atoms with Gasteiger partial charge in [-0.3, -0.25) is 4.90 Å². The van der Waals surface area contributed by atoms with Crippen LogP contribution in [0.5, 0.6) is 0 Å². The molecule has 1 heterocycles. The van der Waals surface area contributed by atoms with E-state index in [9.17, 15) is 0 Å². The Balaban J connectivity index is 1.67. The van der Waals surface area contributed by atoms with Gasteiger partial charge in [-0.1, -0.05) is 60.2 Å². The van der Waals surface area contributed by atoms with Crippen molar-refractivity contribution in [3.63, 3.8) is 0 Å². The van der Waals surface area contributed by atoms with E-state index >= 15 is 0 Å². The van der Waals surface area contributed by atoms with Crippen molar-refractivity contribution in [2.45, 2.75) is 19.5 Å². The zero-order chi connectivity index (χ0) is 13.8. The predicted octanol–water partition coefficient (Wildman–Crippen LogP) is 3.14. The monoisotopic (exact) mass is 266 g/mol. The molecule has 0 radical (unpaired) electrons. The smallest absolute Gasteiger partial charge is 0.0449 e. The molecule has 1 saturated heterocycles. The fourth-order valence-corrected chi connectivity index (χ4v) is 2.91. The molecule has 0 unspecified atom stereocenters. The van der Waals surface area contributed by atoms with E-state index in [1.54, 1.807) is 0 Å². The van der Waals surface area contributed by atoms with Crippen LogP contribution < -0.4 is 5.32 Å². The third-order valence-electron chi connectivity index (χ3n) is 3.95. The van der Waals surface area contributed by atoms with Crippen LogP contribution in [0.3, 0.4) is 0 Å². The first-order valence-electron chi connectivity index (χ1n) is 7.37. The molecule has 0 amide bonds. The van der Waals surface area contributed by atoms with Crippen molar-refractivity contribution >= 4 is 0 Å². The van der Waals surface area contributed by atoms with Crippen molar-refractivity contribution in [2.24, 2.45) is 0 Å². The second-order valence-electron chi connectivity index (χ2n) is 5.64. The van der Waals surface area contributed by atoms with Gasteiger partial charge in [-0.2, -0.15) is 0 Å². The van der Waals surface area contributed by atoms with Gasteiger partial charge in [-0.05, 0) is 18.1 Å². The highest BCUT2D eigenvalue weighted by Gasteiger charge is 2.20. The van der Waals surface area contributed by atoms with Crippen LogP contribution in [0.25, 0.3) is 0 Å². The molecule has 0 bridgehead atoms. The van der Waals surface area contributed by atoms with Gasteiger partial charge < -0.3 is 5.32 Å². The summed E-state index contributed by atoms with van der Waals surface area (Å²) < 4.78 is 0. The number of hydrogen-bond acceptors (Lipinski definition) is 2. The lowest BCUT2D eigenvalue weighted by atomic mass is 10.0. The van der Waals surface area contributed by atoms with Crippen LogP contribution in [0, 0.1) is 6.92 Å². The minimum atomic E-state index is 0.451. The van der Waals surface area contributed by atoms with E-state index in [0.29, 0.717) is 6.04 Å². The van der Waals surface area contributed by atoms with Crippen LogP contribution in [-0.4, -0.2) is 24.5 Å². The molecule has 2 aromatic rings. The molecule has 104 valence electrons. The average molecular weight is 266 g/mol. The molecule has 1 N–H and O–H groups in total. The number of nitrogens with zero attached hydrogens (tertiary/aromatic N) is 1. The molecule has 0 aromatic heterocycles. The summed E-state index contributed by atoms with van der Waals surface area (Å²) in [6.45, 7) is 6.47. The fourth-order valence-electron chi connectivity index (χ4n) is 2.91. The molecule has 2 aromatic carbocycles. The number of piperazine rings is 1. The molecule has 2 nitrogen and oxygen atoms in total. The Morgan fingerprint density at radius 3 is 2.75 bits per heavy atom. The third-order valence-corrected chi connectivity index (χ3v) is 3.95. The standard InChI is InChI=1S/C18H22N2/c1-15-6-5-9-17(12-15)18-14-20(11-10-19-18)13-16-7-3-2-4-8-16/h2-9,12,18-19H,10-11,13-14H2,1H3/t18-/m0/s1. The Hall–Kier alpha value is -1.64. The Bertz CT molecular complexity index is 550. The van der Waals surface area contributed by atoms with Gasteiger partial charge in [0.15, 0.2) is 0 Å². The van der Waals surface area contributed by atoms with Crippen molar-refractivity contribution in [2.75, 3.05) is 19.6 Å². The third kappa shape index (κ3) is 3.27. The molecular formula is C18H22N2. The van der Waals surface area contributed by atoms with Crippen LogP contribution in [0.4, 0.5) is 0 Å². The van der Waals surface area contributed by atoms with E-state index in [-0.39, 0.29) is 0 Å². The zero-order valence-corrected chi connectivity index (χ0v) is 12.0. The molecule has 1 fully saturated rings. The first-order chi connectivity index (χ1) is 9.81. The zero-order valence-electron chi connectivity index (χ0n) is 12.0. The Morgan fingerprint density at radius 1 is 1.10 bits per heavy atom. The van der Waals surface area contributed by atoms with E-state index in [0.717, 1.165) is 26.2 Å². The summed E-state index contributed by atoms with van der Waals surface area (Å²) in [5.74, 6) is 0. The number of hydrogen-bond donors (Lipinski definition) is 1. The normalized spacial score (nSPS) is 19.9. The van der Waals surface area contributed by atoms with Crippen molar-refractivity contribution < 1.29 is 0 Å². The summed E-state index contributed by atoms with van der Waals surface area (Å²) in [7, 11) is 0. The summed E-state index contributed by atoms with van der Waals surface area (Å²) in [6.07, 6.45) is 0. The van der Waals surface area contributed by atoms with Crippen molar-refractivity contribution in [1.82, 2.24) is 10.2 Å². The number of benzene rings is 2. The first kappa shape index (κ1) is 13.3. The summed E-state index contributed by atoms with van der Waals surface area (Å²) >= 11 is 0. The van der Waals surface area contributed by atoms with E-state index in [2.05, 4.69) is 71.7 Å². The highest BCUT2D eigenvalue weighted by molar-refractivity contribution is 5.26. The summed E-state index contributed by atoms with van der Waals surface area (Å²) in [4.78, 5) is 2.54. The quantitative estimate of drug-likeness (QED) is 0.918. The van der Waals surface area contributed by atoms with Gasteiger partial charge in [0.1, 0.15) is 0 Å². The molecule has 0 aliphatic carbocycles. The summed E-state index contributed by atoms with van der Waals surface area (Å²) in [5.41, 5.74) is 4.14. The van der Waals surface area contributed by atoms with E-state index in [4.69, 9.17) is 0 Å².